The summed E-state index contributed by atoms with van der Waals surface area (Å²) in [7, 11) is 0. The standard InChI is InChI=1S/C25H24N2OS2/c1-17-9-10-20(18(2)13-17)14-24(28)27(16-19-7-5-4-6-8-19)25-26-22-12-11-21(29-3)15-23(22)30-25/h4-13,15H,14,16H2,1-3H3. The minimum Gasteiger partial charge on any atom is -0.283 e. The fourth-order valence-corrected chi connectivity index (χ4v) is 5.00. The molecule has 0 spiro atoms. The van der Waals surface area contributed by atoms with Gasteiger partial charge in [0.1, 0.15) is 0 Å². The van der Waals surface area contributed by atoms with E-state index < -0.39 is 0 Å². The summed E-state index contributed by atoms with van der Waals surface area (Å²) in [4.78, 5) is 21.3. The Hall–Kier alpha value is -2.63. The van der Waals surface area contributed by atoms with E-state index in [4.69, 9.17) is 4.98 Å². The number of fused-ring (bicyclic) bond motifs is 1. The Kier molecular flexibility index (Phi) is 6.21. The fraction of sp³-hybridized carbons (Fsp3) is 0.200. The van der Waals surface area contributed by atoms with Crippen molar-refractivity contribution in [1.29, 1.82) is 0 Å². The van der Waals surface area contributed by atoms with Crippen LogP contribution >= 0.6 is 23.1 Å². The van der Waals surface area contributed by atoms with Crippen LogP contribution in [0, 0.1) is 13.8 Å². The molecule has 0 saturated carbocycles. The normalized spacial score (nSPS) is 11.0. The van der Waals surface area contributed by atoms with Gasteiger partial charge in [0, 0.05) is 4.90 Å². The number of aryl methyl sites for hydroxylation is 2. The lowest BCUT2D eigenvalue weighted by Gasteiger charge is -2.21. The molecule has 152 valence electrons. The van der Waals surface area contributed by atoms with E-state index >= 15 is 0 Å². The smallest absolute Gasteiger partial charge is 0.233 e. The van der Waals surface area contributed by atoms with E-state index in [1.165, 1.54) is 10.5 Å². The number of thiazole rings is 1. The van der Waals surface area contributed by atoms with Crippen molar-refractivity contribution in [2.24, 2.45) is 0 Å². The van der Waals surface area contributed by atoms with Gasteiger partial charge in [-0.05, 0) is 55.0 Å². The van der Waals surface area contributed by atoms with Crippen LogP contribution in [0.2, 0.25) is 0 Å². The predicted octanol–water partition coefficient (Wildman–Crippen LogP) is 6.41. The number of hydrogen-bond donors (Lipinski definition) is 0. The second-order valence-corrected chi connectivity index (χ2v) is 9.29. The second-order valence-electron chi connectivity index (χ2n) is 7.40. The molecule has 0 atom stereocenters. The zero-order valence-corrected chi connectivity index (χ0v) is 19.0. The molecule has 30 heavy (non-hydrogen) atoms. The summed E-state index contributed by atoms with van der Waals surface area (Å²) in [5, 5.41) is 0.752. The molecule has 5 heteroatoms. The average Bonchev–Trinajstić information content (AvgIpc) is 3.17. The van der Waals surface area contributed by atoms with Gasteiger partial charge in [-0.2, -0.15) is 0 Å². The number of rotatable bonds is 6. The van der Waals surface area contributed by atoms with Gasteiger partial charge in [-0.1, -0.05) is 65.4 Å². The first-order valence-electron chi connectivity index (χ1n) is 9.88. The van der Waals surface area contributed by atoms with Gasteiger partial charge in [-0.3, -0.25) is 9.69 Å². The minimum atomic E-state index is 0.0648. The minimum absolute atomic E-state index is 0.0648. The van der Waals surface area contributed by atoms with Crippen LogP contribution in [0.3, 0.4) is 0 Å². The molecule has 0 unspecified atom stereocenters. The molecule has 0 aliphatic carbocycles. The van der Waals surface area contributed by atoms with Crippen molar-refractivity contribution in [1.82, 2.24) is 4.98 Å². The zero-order valence-electron chi connectivity index (χ0n) is 17.4. The molecule has 1 heterocycles. The number of amides is 1. The number of hydrogen-bond acceptors (Lipinski definition) is 4. The van der Waals surface area contributed by atoms with Crippen LogP contribution in [0.5, 0.6) is 0 Å². The van der Waals surface area contributed by atoms with Crippen molar-refractivity contribution in [3.8, 4) is 0 Å². The maximum atomic E-state index is 13.4. The molecule has 0 fully saturated rings. The molecule has 0 aliphatic rings. The van der Waals surface area contributed by atoms with E-state index in [-0.39, 0.29) is 5.91 Å². The second kappa shape index (κ2) is 9.02. The maximum Gasteiger partial charge on any atom is 0.233 e. The average molecular weight is 433 g/mol. The Balaban J connectivity index is 1.69. The first-order valence-corrected chi connectivity index (χ1v) is 11.9. The molecule has 3 aromatic carbocycles. The van der Waals surface area contributed by atoms with E-state index in [1.54, 1.807) is 23.1 Å². The third kappa shape index (κ3) is 4.58. The van der Waals surface area contributed by atoms with Crippen molar-refractivity contribution in [3.63, 3.8) is 0 Å². The van der Waals surface area contributed by atoms with Crippen molar-refractivity contribution in [2.75, 3.05) is 11.2 Å². The van der Waals surface area contributed by atoms with Crippen molar-refractivity contribution < 1.29 is 4.79 Å². The van der Waals surface area contributed by atoms with E-state index in [0.29, 0.717) is 13.0 Å². The number of carbonyl (C=O) groups excluding carboxylic acids is 1. The predicted molar refractivity (Wildman–Crippen MR) is 129 cm³/mol. The number of carbonyl (C=O) groups is 1. The Labute approximate surface area is 185 Å². The summed E-state index contributed by atoms with van der Waals surface area (Å²) in [6.07, 6.45) is 2.43. The molecule has 4 aromatic rings. The van der Waals surface area contributed by atoms with Crippen LogP contribution in [0.25, 0.3) is 10.2 Å². The van der Waals surface area contributed by atoms with E-state index in [2.05, 4.69) is 62.6 Å². The summed E-state index contributed by atoms with van der Waals surface area (Å²) in [6.45, 7) is 4.66. The SMILES string of the molecule is CSc1ccc2nc(N(Cc3ccccc3)C(=O)Cc3ccc(C)cc3C)sc2c1. The van der Waals surface area contributed by atoms with Crippen LogP contribution in [0.15, 0.2) is 71.6 Å². The van der Waals surface area contributed by atoms with Gasteiger partial charge in [-0.25, -0.2) is 4.98 Å². The molecule has 0 aliphatic heterocycles. The molecule has 1 amide bonds. The molecule has 0 radical (unpaired) electrons. The highest BCUT2D eigenvalue weighted by atomic mass is 32.2. The number of nitrogens with zero attached hydrogens (tertiary/aromatic N) is 2. The number of aromatic nitrogens is 1. The van der Waals surface area contributed by atoms with Crippen LogP contribution in [0.1, 0.15) is 22.3 Å². The van der Waals surface area contributed by atoms with Gasteiger partial charge in [0.05, 0.1) is 23.2 Å². The van der Waals surface area contributed by atoms with E-state index in [1.807, 2.05) is 29.2 Å². The van der Waals surface area contributed by atoms with Crippen LogP contribution in [0.4, 0.5) is 5.13 Å². The van der Waals surface area contributed by atoms with Crippen molar-refractivity contribution in [2.45, 2.75) is 31.7 Å². The summed E-state index contributed by atoms with van der Waals surface area (Å²) in [6, 6.07) is 22.6. The quantitative estimate of drug-likeness (QED) is 0.330. The Morgan fingerprint density at radius 2 is 1.83 bits per heavy atom. The number of thioether (sulfide) groups is 1. The van der Waals surface area contributed by atoms with Crippen LogP contribution in [-0.4, -0.2) is 17.1 Å². The van der Waals surface area contributed by atoms with E-state index in [9.17, 15) is 4.79 Å². The van der Waals surface area contributed by atoms with Crippen LogP contribution < -0.4 is 4.90 Å². The molecule has 0 bridgehead atoms. The topological polar surface area (TPSA) is 33.2 Å². The Bertz CT molecular complexity index is 1180. The molecular weight excluding hydrogens is 408 g/mol. The first-order chi connectivity index (χ1) is 14.5. The van der Waals surface area contributed by atoms with Gasteiger partial charge in [0.25, 0.3) is 0 Å². The Morgan fingerprint density at radius 1 is 1.03 bits per heavy atom. The van der Waals surface area contributed by atoms with E-state index in [0.717, 1.165) is 32.0 Å². The van der Waals surface area contributed by atoms with Gasteiger partial charge in [0.2, 0.25) is 5.91 Å². The molecule has 1 aromatic heterocycles. The lowest BCUT2D eigenvalue weighted by atomic mass is 10.0. The highest BCUT2D eigenvalue weighted by Gasteiger charge is 2.21. The Morgan fingerprint density at radius 3 is 2.57 bits per heavy atom. The summed E-state index contributed by atoms with van der Waals surface area (Å²) >= 11 is 3.29. The maximum absolute atomic E-state index is 13.4. The number of anilines is 1. The van der Waals surface area contributed by atoms with Gasteiger partial charge in [0.15, 0.2) is 5.13 Å². The van der Waals surface area contributed by atoms with Gasteiger partial charge < -0.3 is 0 Å². The summed E-state index contributed by atoms with van der Waals surface area (Å²) in [5.41, 5.74) is 5.45. The lowest BCUT2D eigenvalue weighted by Crippen LogP contribution is -2.31. The zero-order chi connectivity index (χ0) is 21.1. The fourth-order valence-electron chi connectivity index (χ4n) is 3.47. The lowest BCUT2D eigenvalue weighted by molar-refractivity contribution is -0.118. The summed E-state index contributed by atoms with van der Waals surface area (Å²) in [5.74, 6) is 0.0648. The number of benzene rings is 3. The van der Waals surface area contributed by atoms with Crippen molar-refractivity contribution in [3.05, 3.63) is 89.0 Å². The molecular formula is C25H24N2OS2. The van der Waals surface area contributed by atoms with Crippen LogP contribution in [-0.2, 0) is 17.8 Å². The molecule has 0 N–H and O–H groups in total. The third-order valence-electron chi connectivity index (χ3n) is 5.14. The largest absolute Gasteiger partial charge is 0.283 e. The van der Waals surface area contributed by atoms with Crippen molar-refractivity contribution >= 4 is 44.4 Å². The monoisotopic (exact) mass is 432 g/mol. The third-order valence-corrected chi connectivity index (χ3v) is 6.91. The first kappa shape index (κ1) is 20.6. The highest BCUT2D eigenvalue weighted by Crippen LogP contribution is 2.32. The summed E-state index contributed by atoms with van der Waals surface area (Å²) < 4.78 is 1.11. The highest BCUT2D eigenvalue weighted by molar-refractivity contribution is 7.98. The molecule has 4 rings (SSSR count). The molecule has 0 saturated heterocycles. The van der Waals surface area contributed by atoms with Gasteiger partial charge >= 0.3 is 0 Å². The molecule has 3 nitrogen and oxygen atoms in total. The van der Waals surface area contributed by atoms with Gasteiger partial charge in [-0.15, -0.1) is 11.8 Å².